The summed E-state index contributed by atoms with van der Waals surface area (Å²) in [7, 11) is 1.55. The van der Waals surface area contributed by atoms with E-state index in [4.69, 9.17) is 5.73 Å². The zero-order chi connectivity index (χ0) is 15.6. The number of allylic oxidation sites excluding steroid dienone is 1. The van der Waals surface area contributed by atoms with Crippen molar-refractivity contribution < 1.29 is 9.90 Å². The minimum atomic E-state index is -0.546. The number of pyridine rings is 1. The third-order valence-electron chi connectivity index (χ3n) is 3.23. The molecule has 5 nitrogen and oxygen atoms in total. The molecule has 0 unspecified atom stereocenters. The van der Waals surface area contributed by atoms with Crippen molar-refractivity contribution in [1.29, 1.82) is 0 Å². The number of aryl methyl sites for hydroxylation is 1. The van der Waals surface area contributed by atoms with Crippen LogP contribution in [0.3, 0.4) is 0 Å². The van der Waals surface area contributed by atoms with E-state index in [2.05, 4.69) is 0 Å². The zero-order valence-electron chi connectivity index (χ0n) is 11.8. The average Bonchev–Trinajstić information content (AvgIpc) is 2.43. The summed E-state index contributed by atoms with van der Waals surface area (Å²) in [5, 5.41) is 9.82. The van der Waals surface area contributed by atoms with Gasteiger partial charge in [0.1, 0.15) is 11.3 Å². The average molecular weight is 284 g/mol. The van der Waals surface area contributed by atoms with Crippen LogP contribution in [0.25, 0.3) is 6.08 Å². The van der Waals surface area contributed by atoms with Gasteiger partial charge in [-0.1, -0.05) is 18.2 Å². The zero-order valence-corrected chi connectivity index (χ0v) is 11.8. The van der Waals surface area contributed by atoms with E-state index >= 15 is 0 Å². The number of hydrogen-bond acceptors (Lipinski definition) is 4. The number of anilines is 1. The Morgan fingerprint density at radius 1 is 1.33 bits per heavy atom. The standard InChI is InChI=1S/C16H16N2O3/c1-10-8-14(20)15(16(21)18(10)2)13(19)7-6-11-4-3-5-12(17)9-11/h3-9,20H,17H2,1-2H3. The van der Waals surface area contributed by atoms with Crippen molar-refractivity contribution in [3.05, 3.63) is 63.6 Å². The van der Waals surface area contributed by atoms with Gasteiger partial charge in [0, 0.05) is 24.5 Å². The fourth-order valence-electron chi connectivity index (χ4n) is 1.95. The van der Waals surface area contributed by atoms with Crippen LogP contribution in [0.5, 0.6) is 5.75 Å². The molecule has 0 spiro atoms. The van der Waals surface area contributed by atoms with Crippen molar-refractivity contribution in [2.45, 2.75) is 6.92 Å². The first-order chi connectivity index (χ1) is 9.90. The number of carbonyl (C=O) groups is 1. The number of ketones is 1. The molecule has 0 bridgehead atoms. The van der Waals surface area contributed by atoms with Crippen LogP contribution in [0.2, 0.25) is 0 Å². The molecule has 1 aromatic heterocycles. The van der Waals surface area contributed by atoms with Gasteiger partial charge in [0.15, 0.2) is 5.78 Å². The molecule has 0 saturated carbocycles. The van der Waals surface area contributed by atoms with Crippen molar-refractivity contribution in [2.75, 3.05) is 5.73 Å². The van der Waals surface area contributed by atoms with Gasteiger partial charge in [-0.05, 0) is 30.7 Å². The molecule has 108 valence electrons. The maximum absolute atomic E-state index is 12.1. The highest BCUT2D eigenvalue weighted by molar-refractivity contribution is 6.08. The molecule has 2 aromatic rings. The van der Waals surface area contributed by atoms with Crippen LogP contribution in [0.4, 0.5) is 5.69 Å². The molecule has 21 heavy (non-hydrogen) atoms. The van der Waals surface area contributed by atoms with Crippen LogP contribution >= 0.6 is 0 Å². The maximum atomic E-state index is 12.1. The molecule has 3 N–H and O–H groups in total. The number of rotatable bonds is 3. The molecule has 1 aromatic carbocycles. The van der Waals surface area contributed by atoms with E-state index in [1.54, 1.807) is 44.3 Å². The minimum Gasteiger partial charge on any atom is -0.507 e. The number of hydrogen-bond donors (Lipinski definition) is 2. The summed E-state index contributed by atoms with van der Waals surface area (Å²) in [5.41, 5.74) is 6.80. The first-order valence-electron chi connectivity index (χ1n) is 6.37. The number of nitrogens with two attached hydrogens (primary N) is 1. The van der Waals surface area contributed by atoms with Crippen molar-refractivity contribution >= 4 is 17.5 Å². The van der Waals surface area contributed by atoms with E-state index in [-0.39, 0.29) is 11.3 Å². The van der Waals surface area contributed by atoms with Crippen LogP contribution in [0.15, 0.2) is 41.2 Å². The second kappa shape index (κ2) is 5.66. The second-order valence-corrected chi connectivity index (χ2v) is 4.78. The van der Waals surface area contributed by atoms with E-state index in [1.165, 1.54) is 16.7 Å². The summed E-state index contributed by atoms with van der Waals surface area (Å²) in [6.45, 7) is 1.68. The first-order valence-corrected chi connectivity index (χ1v) is 6.37. The van der Waals surface area contributed by atoms with Crippen LogP contribution < -0.4 is 11.3 Å². The Morgan fingerprint density at radius 3 is 2.71 bits per heavy atom. The Morgan fingerprint density at radius 2 is 2.05 bits per heavy atom. The Hall–Kier alpha value is -2.82. The smallest absolute Gasteiger partial charge is 0.265 e. The van der Waals surface area contributed by atoms with Gasteiger partial charge in [0.2, 0.25) is 0 Å². The van der Waals surface area contributed by atoms with Crippen LogP contribution in [0.1, 0.15) is 21.6 Å². The Labute approximate surface area is 122 Å². The van der Waals surface area contributed by atoms with Gasteiger partial charge in [0.05, 0.1) is 0 Å². The Balaban J connectivity index is 2.38. The molecule has 0 saturated heterocycles. The Bertz CT molecular complexity index is 789. The number of aromatic nitrogens is 1. The van der Waals surface area contributed by atoms with Crippen LogP contribution in [-0.2, 0) is 7.05 Å². The van der Waals surface area contributed by atoms with Gasteiger partial charge in [-0.25, -0.2) is 0 Å². The SMILES string of the molecule is Cc1cc(O)c(C(=O)C=Cc2cccc(N)c2)c(=O)n1C. The van der Waals surface area contributed by atoms with Crippen LogP contribution in [0, 0.1) is 6.92 Å². The quantitative estimate of drug-likeness (QED) is 0.512. The predicted octanol–water partition coefficient (Wildman–Crippen LogP) is 1.88. The molecule has 5 heteroatoms. The molecule has 0 radical (unpaired) electrons. The van der Waals surface area contributed by atoms with Gasteiger partial charge in [-0.15, -0.1) is 0 Å². The highest BCUT2D eigenvalue weighted by atomic mass is 16.3. The minimum absolute atomic E-state index is 0.233. The van der Waals surface area contributed by atoms with Crippen LogP contribution in [-0.4, -0.2) is 15.5 Å². The summed E-state index contributed by atoms with van der Waals surface area (Å²) in [6, 6.07) is 8.38. The lowest BCUT2D eigenvalue weighted by Crippen LogP contribution is -2.25. The summed E-state index contributed by atoms with van der Waals surface area (Å²) in [5.74, 6) is -0.853. The third kappa shape index (κ3) is 3.02. The van der Waals surface area contributed by atoms with E-state index in [0.29, 0.717) is 11.4 Å². The fourth-order valence-corrected chi connectivity index (χ4v) is 1.95. The highest BCUT2D eigenvalue weighted by Crippen LogP contribution is 2.16. The number of benzene rings is 1. The lowest BCUT2D eigenvalue weighted by Gasteiger charge is -2.07. The summed E-state index contributed by atoms with van der Waals surface area (Å²) in [6.07, 6.45) is 2.80. The number of carbonyl (C=O) groups excluding carboxylic acids is 1. The molecule has 0 amide bonds. The summed E-state index contributed by atoms with van der Waals surface area (Å²) >= 11 is 0. The predicted molar refractivity (Wildman–Crippen MR) is 82.3 cm³/mol. The molecule has 2 rings (SSSR count). The van der Waals surface area contributed by atoms with Gasteiger partial charge >= 0.3 is 0 Å². The van der Waals surface area contributed by atoms with E-state index in [0.717, 1.165) is 5.56 Å². The van der Waals surface area contributed by atoms with Crippen molar-refractivity contribution in [2.24, 2.45) is 7.05 Å². The molecule has 0 aliphatic carbocycles. The largest absolute Gasteiger partial charge is 0.507 e. The number of nitrogens with zero attached hydrogens (tertiary/aromatic N) is 1. The molecular formula is C16H16N2O3. The second-order valence-electron chi connectivity index (χ2n) is 4.78. The highest BCUT2D eigenvalue weighted by Gasteiger charge is 2.16. The van der Waals surface area contributed by atoms with Crippen molar-refractivity contribution in [1.82, 2.24) is 4.57 Å². The van der Waals surface area contributed by atoms with Crippen molar-refractivity contribution in [3.8, 4) is 5.75 Å². The molecule has 1 heterocycles. The summed E-state index contributed by atoms with van der Waals surface area (Å²) in [4.78, 5) is 24.2. The van der Waals surface area contributed by atoms with Gasteiger partial charge in [-0.2, -0.15) is 0 Å². The topological polar surface area (TPSA) is 85.3 Å². The van der Waals surface area contributed by atoms with Crippen molar-refractivity contribution in [3.63, 3.8) is 0 Å². The van der Waals surface area contributed by atoms with Gasteiger partial charge in [-0.3, -0.25) is 9.59 Å². The lowest BCUT2D eigenvalue weighted by molar-refractivity contribution is 0.104. The maximum Gasteiger partial charge on any atom is 0.265 e. The lowest BCUT2D eigenvalue weighted by atomic mass is 10.1. The molecule has 0 atom stereocenters. The van der Waals surface area contributed by atoms with E-state index in [9.17, 15) is 14.7 Å². The van der Waals surface area contributed by atoms with E-state index in [1.807, 2.05) is 0 Å². The van der Waals surface area contributed by atoms with Gasteiger partial charge < -0.3 is 15.4 Å². The molecule has 0 aliphatic rings. The Kier molecular flexibility index (Phi) is 3.93. The number of nitrogen functional groups attached to an aromatic ring is 1. The molecular weight excluding hydrogens is 268 g/mol. The number of aromatic hydroxyl groups is 1. The first kappa shape index (κ1) is 14.6. The molecule has 0 fully saturated rings. The fraction of sp³-hybridized carbons (Fsp3) is 0.125. The van der Waals surface area contributed by atoms with Gasteiger partial charge in [0.25, 0.3) is 5.56 Å². The third-order valence-corrected chi connectivity index (χ3v) is 3.23. The summed E-state index contributed by atoms with van der Waals surface area (Å²) < 4.78 is 1.32. The normalized spacial score (nSPS) is 11.0. The molecule has 0 aliphatic heterocycles. The monoisotopic (exact) mass is 284 g/mol. The van der Waals surface area contributed by atoms with E-state index < -0.39 is 11.3 Å².